The van der Waals surface area contributed by atoms with Crippen molar-refractivity contribution in [1.82, 2.24) is 4.90 Å². The molecule has 4 aliphatic heterocycles. The highest BCUT2D eigenvalue weighted by Gasteiger charge is 2.55. The van der Waals surface area contributed by atoms with Crippen molar-refractivity contribution in [2.24, 2.45) is 5.92 Å². The van der Waals surface area contributed by atoms with Crippen molar-refractivity contribution in [3.05, 3.63) is 18.6 Å². The number of nitrogens with zero attached hydrogens (tertiary/aromatic N) is 2. The smallest absolute Gasteiger partial charge is 0.415 e. The Hall–Kier alpha value is -1.49. The van der Waals surface area contributed by atoms with E-state index in [1.54, 1.807) is 17.4 Å². The molecule has 1 aromatic rings. The van der Waals surface area contributed by atoms with Crippen LogP contribution in [0.15, 0.2) is 23.0 Å². The van der Waals surface area contributed by atoms with E-state index in [-0.39, 0.29) is 11.7 Å². The maximum Gasteiger partial charge on any atom is 0.415 e. The highest BCUT2D eigenvalue weighted by Crippen LogP contribution is 2.43. The molecule has 4 aliphatic rings. The third-order valence-corrected chi connectivity index (χ3v) is 4.58. The second-order valence-electron chi connectivity index (χ2n) is 5.55. The van der Waals surface area contributed by atoms with Crippen molar-refractivity contribution >= 4 is 11.8 Å². The lowest BCUT2D eigenvalue weighted by molar-refractivity contribution is -0.0881. The Bertz CT molecular complexity index is 465. The molecule has 1 amide bonds. The Morgan fingerprint density at radius 1 is 1.28 bits per heavy atom. The van der Waals surface area contributed by atoms with Crippen LogP contribution in [0.2, 0.25) is 0 Å². The minimum absolute atomic E-state index is 0.231. The van der Waals surface area contributed by atoms with Crippen molar-refractivity contribution in [2.75, 3.05) is 31.1 Å². The van der Waals surface area contributed by atoms with Crippen molar-refractivity contribution in [2.45, 2.75) is 18.4 Å². The second kappa shape index (κ2) is 3.51. The first-order chi connectivity index (χ1) is 8.77. The Morgan fingerprint density at radius 3 is 2.72 bits per heavy atom. The Balaban J connectivity index is 1.64. The van der Waals surface area contributed by atoms with Gasteiger partial charge in [-0.3, -0.25) is 9.80 Å². The number of carbonyl (C=O) groups is 1. The lowest BCUT2D eigenvalue weighted by atomic mass is 9.75. The van der Waals surface area contributed by atoms with E-state index in [4.69, 9.17) is 9.15 Å². The fourth-order valence-corrected chi connectivity index (χ4v) is 3.62. The van der Waals surface area contributed by atoms with E-state index >= 15 is 0 Å². The van der Waals surface area contributed by atoms with E-state index in [2.05, 4.69) is 4.90 Å². The molecule has 5 heteroatoms. The molecule has 0 aromatic carbocycles. The third kappa shape index (κ3) is 1.34. The summed E-state index contributed by atoms with van der Waals surface area (Å²) in [6, 6.07) is 1.81. The lowest BCUT2D eigenvalue weighted by Gasteiger charge is -2.49. The molecule has 0 N–H and O–H groups in total. The third-order valence-electron chi connectivity index (χ3n) is 4.58. The van der Waals surface area contributed by atoms with Gasteiger partial charge in [0, 0.05) is 18.5 Å². The van der Waals surface area contributed by atoms with Gasteiger partial charge in [0.25, 0.3) is 0 Å². The largest absolute Gasteiger partial charge is 0.470 e. The number of amides is 1. The van der Waals surface area contributed by atoms with Crippen LogP contribution in [-0.4, -0.2) is 42.8 Å². The summed E-state index contributed by atoms with van der Waals surface area (Å²) in [6.07, 6.45) is 5.25. The van der Waals surface area contributed by atoms with Gasteiger partial charge >= 0.3 is 6.09 Å². The van der Waals surface area contributed by atoms with Crippen LogP contribution in [0.3, 0.4) is 0 Å². The lowest BCUT2D eigenvalue weighted by Crippen LogP contribution is -2.61. The summed E-state index contributed by atoms with van der Waals surface area (Å²) in [5, 5.41) is 0. The molecule has 0 saturated carbocycles. The van der Waals surface area contributed by atoms with Crippen LogP contribution in [0, 0.1) is 5.92 Å². The number of fused-ring (bicyclic) bond motifs is 2. The molecule has 2 bridgehead atoms. The average Bonchev–Trinajstić information content (AvgIpc) is 2.99. The number of piperidine rings is 3. The SMILES string of the molecule is O=C1O[C@]2(CN3CCC2CC3)CN1c1ccoc1. The molecule has 1 atom stereocenters. The normalized spacial score (nSPS) is 38.4. The molecule has 1 spiro atoms. The molecule has 0 radical (unpaired) electrons. The maximum absolute atomic E-state index is 12.1. The first kappa shape index (κ1) is 10.4. The fraction of sp³-hybridized carbons (Fsp3) is 0.615. The maximum atomic E-state index is 12.1. The zero-order valence-corrected chi connectivity index (χ0v) is 10.2. The molecule has 5 nitrogen and oxygen atoms in total. The summed E-state index contributed by atoms with van der Waals surface area (Å²) >= 11 is 0. The van der Waals surface area contributed by atoms with Crippen LogP contribution >= 0.6 is 0 Å². The summed E-state index contributed by atoms with van der Waals surface area (Å²) in [5.74, 6) is 0.517. The fourth-order valence-electron chi connectivity index (χ4n) is 3.62. The number of furan rings is 1. The van der Waals surface area contributed by atoms with E-state index in [0.717, 1.165) is 38.2 Å². The minimum Gasteiger partial charge on any atom is -0.470 e. The minimum atomic E-state index is -0.287. The van der Waals surface area contributed by atoms with Crippen LogP contribution in [0.4, 0.5) is 10.5 Å². The van der Waals surface area contributed by atoms with Crippen LogP contribution in [0.25, 0.3) is 0 Å². The Morgan fingerprint density at radius 2 is 2.11 bits per heavy atom. The van der Waals surface area contributed by atoms with Gasteiger partial charge in [0.2, 0.25) is 0 Å². The van der Waals surface area contributed by atoms with Crippen LogP contribution in [0.5, 0.6) is 0 Å². The Kier molecular flexibility index (Phi) is 2.03. The summed E-state index contributed by atoms with van der Waals surface area (Å²) in [7, 11) is 0. The highest BCUT2D eigenvalue weighted by atomic mass is 16.6. The first-order valence-electron chi connectivity index (χ1n) is 6.52. The van der Waals surface area contributed by atoms with Gasteiger partial charge in [-0.15, -0.1) is 0 Å². The van der Waals surface area contributed by atoms with Gasteiger partial charge < -0.3 is 9.15 Å². The van der Waals surface area contributed by atoms with E-state index < -0.39 is 0 Å². The summed E-state index contributed by atoms with van der Waals surface area (Å²) in [5.41, 5.74) is 0.513. The summed E-state index contributed by atoms with van der Waals surface area (Å²) < 4.78 is 10.8. The van der Waals surface area contributed by atoms with E-state index in [0.29, 0.717) is 12.5 Å². The molecule has 5 rings (SSSR count). The quantitative estimate of drug-likeness (QED) is 0.759. The van der Waals surface area contributed by atoms with Gasteiger partial charge in [-0.05, 0) is 25.9 Å². The zero-order valence-electron chi connectivity index (χ0n) is 10.2. The highest BCUT2D eigenvalue weighted by molar-refractivity contribution is 5.90. The van der Waals surface area contributed by atoms with Gasteiger partial charge in [-0.2, -0.15) is 0 Å². The van der Waals surface area contributed by atoms with Crippen molar-refractivity contribution < 1.29 is 13.9 Å². The molecular weight excluding hydrogens is 232 g/mol. The van der Waals surface area contributed by atoms with Crippen molar-refractivity contribution in [3.8, 4) is 0 Å². The second-order valence-corrected chi connectivity index (χ2v) is 5.55. The van der Waals surface area contributed by atoms with Gasteiger partial charge in [-0.1, -0.05) is 0 Å². The number of anilines is 1. The van der Waals surface area contributed by atoms with E-state index in [9.17, 15) is 4.79 Å². The van der Waals surface area contributed by atoms with E-state index in [1.807, 2.05) is 6.07 Å². The molecule has 96 valence electrons. The molecule has 5 heterocycles. The van der Waals surface area contributed by atoms with Crippen molar-refractivity contribution in [1.29, 1.82) is 0 Å². The van der Waals surface area contributed by atoms with Crippen LogP contribution < -0.4 is 4.90 Å². The molecule has 0 unspecified atom stereocenters. The number of ether oxygens (including phenoxy) is 1. The summed E-state index contributed by atoms with van der Waals surface area (Å²) in [4.78, 5) is 16.2. The first-order valence-corrected chi connectivity index (χ1v) is 6.52. The molecule has 0 aliphatic carbocycles. The molecule has 4 saturated heterocycles. The molecule has 1 aromatic heterocycles. The average molecular weight is 248 g/mol. The molecule has 18 heavy (non-hydrogen) atoms. The predicted molar refractivity (Wildman–Crippen MR) is 64.4 cm³/mol. The number of rotatable bonds is 1. The van der Waals surface area contributed by atoms with Crippen molar-refractivity contribution in [3.63, 3.8) is 0 Å². The topological polar surface area (TPSA) is 45.9 Å². The predicted octanol–water partition coefficient (Wildman–Crippen LogP) is 1.70. The van der Waals surface area contributed by atoms with Gasteiger partial charge in [0.15, 0.2) is 0 Å². The molecular formula is C13H16N2O3. The van der Waals surface area contributed by atoms with E-state index in [1.165, 1.54) is 0 Å². The number of hydrogen-bond acceptors (Lipinski definition) is 4. The van der Waals surface area contributed by atoms with Gasteiger partial charge in [-0.25, -0.2) is 4.79 Å². The Labute approximate surface area is 105 Å². The summed E-state index contributed by atoms with van der Waals surface area (Å²) in [6.45, 7) is 3.84. The number of hydrogen-bond donors (Lipinski definition) is 0. The zero-order chi connectivity index (χ0) is 12.2. The molecule has 4 fully saturated rings. The van der Waals surface area contributed by atoms with Crippen LogP contribution in [0.1, 0.15) is 12.8 Å². The number of carbonyl (C=O) groups excluding carboxylic acids is 1. The standard InChI is InChI=1S/C13H16N2O3/c16-12-15(11-3-6-17-7-11)9-13(18-12)8-14-4-1-10(13)2-5-14/h3,6-7,10H,1-2,4-5,8-9H2/t13-/m1/s1. The van der Waals surface area contributed by atoms with Gasteiger partial charge in [0.1, 0.15) is 11.9 Å². The monoisotopic (exact) mass is 248 g/mol. The van der Waals surface area contributed by atoms with Crippen LogP contribution in [-0.2, 0) is 4.74 Å². The van der Waals surface area contributed by atoms with Gasteiger partial charge in [0.05, 0.1) is 18.5 Å².